The predicted molar refractivity (Wildman–Crippen MR) is 47.6 cm³/mol. The van der Waals surface area contributed by atoms with Gasteiger partial charge in [0.15, 0.2) is 0 Å². The summed E-state index contributed by atoms with van der Waals surface area (Å²) in [5.41, 5.74) is 0.972. The predicted octanol–water partition coefficient (Wildman–Crippen LogP) is 1.48. The van der Waals surface area contributed by atoms with Gasteiger partial charge in [-0.3, -0.25) is 0 Å². The molecule has 1 aliphatic heterocycles. The van der Waals surface area contributed by atoms with Crippen molar-refractivity contribution in [3.05, 3.63) is 29.8 Å². The molecule has 0 aliphatic carbocycles. The number of rotatable bonds is 1. The first-order valence-corrected chi connectivity index (χ1v) is 4.34. The first-order valence-electron chi connectivity index (χ1n) is 4.34. The van der Waals surface area contributed by atoms with Gasteiger partial charge in [0.05, 0.1) is 19.8 Å². The van der Waals surface area contributed by atoms with Gasteiger partial charge in [-0.1, -0.05) is 12.1 Å². The molecule has 1 heterocycles. The van der Waals surface area contributed by atoms with Crippen LogP contribution in [0.15, 0.2) is 24.3 Å². The van der Waals surface area contributed by atoms with Gasteiger partial charge in [0.25, 0.3) is 0 Å². The molecular formula is C10H12O3. The molecule has 1 aromatic rings. The van der Waals surface area contributed by atoms with Crippen LogP contribution in [0.25, 0.3) is 0 Å². The highest BCUT2D eigenvalue weighted by Crippen LogP contribution is 2.23. The molecule has 13 heavy (non-hydrogen) atoms. The number of hydrogen-bond acceptors (Lipinski definition) is 3. The monoisotopic (exact) mass is 180 g/mol. The SMILES string of the molecule is Oc1cccc(C2COCCO2)c1. The molecule has 1 fully saturated rings. The van der Waals surface area contributed by atoms with Crippen molar-refractivity contribution >= 4 is 0 Å². The lowest BCUT2D eigenvalue weighted by Gasteiger charge is -2.23. The lowest BCUT2D eigenvalue weighted by atomic mass is 10.1. The molecule has 3 heteroatoms. The maximum Gasteiger partial charge on any atom is 0.115 e. The fourth-order valence-electron chi connectivity index (χ4n) is 1.41. The van der Waals surface area contributed by atoms with Crippen LogP contribution in [0.2, 0.25) is 0 Å². The van der Waals surface area contributed by atoms with E-state index >= 15 is 0 Å². The summed E-state index contributed by atoms with van der Waals surface area (Å²) in [4.78, 5) is 0. The molecule has 0 aromatic heterocycles. The van der Waals surface area contributed by atoms with E-state index in [0.717, 1.165) is 5.56 Å². The number of benzene rings is 1. The Hall–Kier alpha value is -1.06. The van der Waals surface area contributed by atoms with E-state index in [1.54, 1.807) is 12.1 Å². The Labute approximate surface area is 76.9 Å². The number of aromatic hydroxyl groups is 1. The van der Waals surface area contributed by atoms with Gasteiger partial charge in [0.1, 0.15) is 11.9 Å². The van der Waals surface area contributed by atoms with Gasteiger partial charge in [0.2, 0.25) is 0 Å². The second kappa shape index (κ2) is 3.77. The molecule has 1 unspecified atom stereocenters. The van der Waals surface area contributed by atoms with Crippen LogP contribution in [-0.2, 0) is 9.47 Å². The Morgan fingerprint density at radius 2 is 2.23 bits per heavy atom. The highest BCUT2D eigenvalue weighted by Gasteiger charge is 2.16. The molecule has 1 atom stereocenters. The maximum atomic E-state index is 9.25. The Morgan fingerprint density at radius 3 is 2.92 bits per heavy atom. The van der Waals surface area contributed by atoms with Gasteiger partial charge in [-0.2, -0.15) is 0 Å². The zero-order valence-corrected chi connectivity index (χ0v) is 7.27. The van der Waals surface area contributed by atoms with Crippen LogP contribution in [0.1, 0.15) is 11.7 Å². The number of phenols is 1. The summed E-state index contributed by atoms with van der Waals surface area (Å²) in [7, 11) is 0. The van der Waals surface area contributed by atoms with E-state index < -0.39 is 0 Å². The van der Waals surface area contributed by atoms with Gasteiger partial charge < -0.3 is 14.6 Å². The molecule has 0 saturated carbocycles. The Balaban J connectivity index is 2.14. The van der Waals surface area contributed by atoms with E-state index in [1.807, 2.05) is 12.1 Å². The minimum atomic E-state index is -0.0270. The average Bonchev–Trinajstić information content (AvgIpc) is 2.19. The van der Waals surface area contributed by atoms with E-state index in [0.29, 0.717) is 19.8 Å². The summed E-state index contributed by atoms with van der Waals surface area (Å²) >= 11 is 0. The minimum absolute atomic E-state index is 0.0270. The van der Waals surface area contributed by atoms with Gasteiger partial charge in [-0.15, -0.1) is 0 Å². The average molecular weight is 180 g/mol. The van der Waals surface area contributed by atoms with Crippen LogP contribution in [0, 0.1) is 0 Å². The van der Waals surface area contributed by atoms with Crippen molar-refractivity contribution in [3.8, 4) is 5.75 Å². The second-order valence-corrected chi connectivity index (χ2v) is 3.03. The molecule has 2 rings (SSSR count). The van der Waals surface area contributed by atoms with Crippen molar-refractivity contribution in [1.29, 1.82) is 0 Å². The minimum Gasteiger partial charge on any atom is -0.508 e. The third-order valence-corrected chi connectivity index (χ3v) is 2.06. The van der Waals surface area contributed by atoms with Crippen molar-refractivity contribution in [2.24, 2.45) is 0 Å². The molecule has 0 spiro atoms. The van der Waals surface area contributed by atoms with E-state index in [4.69, 9.17) is 9.47 Å². The number of phenolic OH excluding ortho intramolecular Hbond substituents is 1. The highest BCUT2D eigenvalue weighted by atomic mass is 16.6. The molecule has 0 radical (unpaired) electrons. The summed E-state index contributed by atoms with van der Waals surface area (Å²) in [5, 5.41) is 9.25. The third-order valence-electron chi connectivity index (χ3n) is 2.06. The van der Waals surface area contributed by atoms with Crippen LogP contribution in [0.5, 0.6) is 5.75 Å². The topological polar surface area (TPSA) is 38.7 Å². The summed E-state index contributed by atoms with van der Waals surface area (Å²) in [6.07, 6.45) is -0.0270. The van der Waals surface area contributed by atoms with Gasteiger partial charge in [0, 0.05) is 0 Å². The lowest BCUT2D eigenvalue weighted by molar-refractivity contribution is -0.0901. The summed E-state index contributed by atoms with van der Waals surface area (Å²) in [6, 6.07) is 7.09. The molecule has 1 aromatic carbocycles. The fraction of sp³-hybridized carbons (Fsp3) is 0.400. The number of ether oxygens (including phenoxy) is 2. The molecule has 1 aliphatic rings. The van der Waals surface area contributed by atoms with Gasteiger partial charge in [-0.25, -0.2) is 0 Å². The Kier molecular flexibility index (Phi) is 2.47. The standard InChI is InChI=1S/C10H12O3/c11-9-3-1-2-8(6-9)10-7-12-4-5-13-10/h1-3,6,10-11H,4-5,7H2. The third kappa shape index (κ3) is 1.99. The van der Waals surface area contributed by atoms with Crippen molar-refractivity contribution in [2.45, 2.75) is 6.10 Å². The molecule has 1 N–H and O–H groups in total. The van der Waals surface area contributed by atoms with Gasteiger partial charge >= 0.3 is 0 Å². The fourth-order valence-corrected chi connectivity index (χ4v) is 1.41. The molecular weight excluding hydrogens is 168 g/mol. The lowest BCUT2D eigenvalue weighted by Crippen LogP contribution is -2.21. The van der Waals surface area contributed by atoms with Crippen molar-refractivity contribution in [3.63, 3.8) is 0 Å². The van der Waals surface area contributed by atoms with E-state index in [-0.39, 0.29) is 11.9 Å². The van der Waals surface area contributed by atoms with Crippen LogP contribution in [-0.4, -0.2) is 24.9 Å². The smallest absolute Gasteiger partial charge is 0.115 e. The number of hydrogen-bond donors (Lipinski definition) is 1. The highest BCUT2D eigenvalue weighted by molar-refractivity contribution is 5.28. The normalized spacial score (nSPS) is 22.9. The van der Waals surface area contributed by atoms with Crippen LogP contribution < -0.4 is 0 Å². The molecule has 3 nitrogen and oxygen atoms in total. The van der Waals surface area contributed by atoms with Gasteiger partial charge in [-0.05, 0) is 17.7 Å². The quantitative estimate of drug-likeness (QED) is 0.711. The van der Waals surface area contributed by atoms with E-state index in [2.05, 4.69) is 0 Å². The van der Waals surface area contributed by atoms with Crippen LogP contribution in [0.3, 0.4) is 0 Å². The van der Waals surface area contributed by atoms with Crippen LogP contribution >= 0.6 is 0 Å². The molecule has 0 amide bonds. The van der Waals surface area contributed by atoms with Crippen LogP contribution in [0.4, 0.5) is 0 Å². The zero-order valence-electron chi connectivity index (χ0n) is 7.27. The Bertz CT molecular complexity index is 279. The van der Waals surface area contributed by atoms with E-state index in [1.165, 1.54) is 0 Å². The largest absolute Gasteiger partial charge is 0.508 e. The second-order valence-electron chi connectivity index (χ2n) is 3.03. The first kappa shape index (κ1) is 8.53. The summed E-state index contributed by atoms with van der Waals surface area (Å²) in [6.45, 7) is 1.86. The summed E-state index contributed by atoms with van der Waals surface area (Å²) < 4.78 is 10.8. The Morgan fingerprint density at radius 1 is 1.31 bits per heavy atom. The molecule has 0 bridgehead atoms. The first-order chi connectivity index (χ1) is 6.36. The van der Waals surface area contributed by atoms with Crippen molar-refractivity contribution in [1.82, 2.24) is 0 Å². The maximum absolute atomic E-state index is 9.25. The molecule has 70 valence electrons. The van der Waals surface area contributed by atoms with Crippen molar-refractivity contribution in [2.75, 3.05) is 19.8 Å². The van der Waals surface area contributed by atoms with Crippen molar-refractivity contribution < 1.29 is 14.6 Å². The summed E-state index contributed by atoms with van der Waals surface area (Å²) in [5.74, 6) is 0.270. The molecule has 1 saturated heterocycles. The van der Waals surface area contributed by atoms with E-state index in [9.17, 15) is 5.11 Å². The zero-order chi connectivity index (χ0) is 9.10.